The maximum Gasteiger partial charge on any atom is 0.175 e. The molecule has 5 nitrogen and oxygen atoms in total. The highest BCUT2D eigenvalue weighted by molar-refractivity contribution is 7.80. The number of benzene rings is 3. The first-order chi connectivity index (χ1) is 15.1. The molecule has 1 aliphatic rings. The molecule has 1 atom stereocenters. The lowest BCUT2D eigenvalue weighted by Crippen LogP contribution is -2.40. The van der Waals surface area contributed by atoms with Crippen LogP contribution in [0.15, 0.2) is 60.7 Å². The van der Waals surface area contributed by atoms with E-state index in [0.717, 1.165) is 21.6 Å². The van der Waals surface area contributed by atoms with Crippen LogP contribution in [0.4, 0.5) is 0 Å². The lowest BCUT2D eigenvalue weighted by molar-refractivity contribution is 0.107. The van der Waals surface area contributed by atoms with E-state index in [0.29, 0.717) is 35.2 Å². The number of hydrogen-bond donors (Lipinski definition) is 0. The molecular formula is C25H24O5S. The zero-order valence-electron chi connectivity index (χ0n) is 17.9. The summed E-state index contributed by atoms with van der Waals surface area (Å²) in [6.07, 6.45) is 0.457. The van der Waals surface area contributed by atoms with Crippen molar-refractivity contribution in [3.63, 3.8) is 0 Å². The zero-order valence-corrected chi connectivity index (χ0v) is 18.7. The van der Waals surface area contributed by atoms with Gasteiger partial charge in [0.05, 0.1) is 34.0 Å². The first-order valence-electron chi connectivity index (χ1n) is 9.83. The summed E-state index contributed by atoms with van der Waals surface area (Å²) < 4.78 is 29.0. The van der Waals surface area contributed by atoms with E-state index >= 15 is 0 Å². The number of thiocarbonyl (C=S) groups is 1. The summed E-state index contributed by atoms with van der Waals surface area (Å²) in [6, 6.07) is 19.5. The second-order valence-electron chi connectivity index (χ2n) is 7.14. The lowest BCUT2D eigenvalue weighted by Gasteiger charge is -2.40. The largest absolute Gasteiger partial charge is 0.496 e. The highest BCUT2D eigenvalue weighted by Crippen LogP contribution is 2.51. The molecule has 0 aliphatic carbocycles. The van der Waals surface area contributed by atoms with Gasteiger partial charge in [0.25, 0.3) is 0 Å². The molecule has 0 spiro atoms. The standard InChI is InChI=1S/C25H24O5S/c1-26-18-11-10-17(14-21(18)29-4)25(16-8-6-5-7-9-16)15-22(31)23-19(27-2)12-13-20(28-3)24(23)30-25/h5-14H,15H2,1-4H3. The molecule has 0 saturated heterocycles. The number of methoxy groups -OCH3 is 4. The minimum absolute atomic E-state index is 0.457. The summed E-state index contributed by atoms with van der Waals surface area (Å²) in [5.74, 6) is 3.09. The average molecular weight is 437 g/mol. The van der Waals surface area contributed by atoms with Crippen molar-refractivity contribution < 1.29 is 23.7 Å². The monoisotopic (exact) mass is 436 g/mol. The third-order valence-corrected chi connectivity index (χ3v) is 5.93. The maximum absolute atomic E-state index is 6.81. The van der Waals surface area contributed by atoms with E-state index < -0.39 is 5.60 Å². The van der Waals surface area contributed by atoms with Crippen molar-refractivity contribution in [2.45, 2.75) is 12.0 Å². The predicted octanol–water partition coefficient (Wildman–Crippen LogP) is 5.17. The minimum atomic E-state index is -0.870. The van der Waals surface area contributed by atoms with Gasteiger partial charge in [-0.05, 0) is 24.3 Å². The van der Waals surface area contributed by atoms with E-state index in [2.05, 4.69) is 0 Å². The van der Waals surface area contributed by atoms with E-state index in [1.807, 2.05) is 60.7 Å². The molecule has 1 heterocycles. The van der Waals surface area contributed by atoms with Gasteiger partial charge >= 0.3 is 0 Å². The van der Waals surface area contributed by atoms with Crippen LogP contribution in [0.5, 0.6) is 28.7 Å². The predicted molar refractivity (Wildman–Crippen MR) is 123 cm³/mol. The topological polar surface area (TPSA) is 46.2 Å². The third kappa shape index (κ3) is 3.47. The van der Waals surface area contributed by atoms with Crippen LogP contribution < -0.4 is 23.7 Å². The van der Waals surface area contributed by atoms with Crippen LogP contribution in [0, 0.1) is 0 Å². The number of hydrogen-bond acceptors (Lipinski definition) is 6. The number of ether oxygens (including phenoxy) is 5. The summed E-state index contributed by atoms with van der Waals surface area (Å²) in [4.78, 5) is 0.732. The fraction of sp³-hybridized carbons (Fsp3) is 0.240. The second kappa shape index (κ2) is 8.47. The number of fused-ring (bicyclic) bond motifs is 1. The van der Waals surface area contributed by atoms with Gasteiger partial charge in [0.15, 0.2) is 28.6 Å². The Morgan fingerprint density at radius 1 is 0.710 bits per heavy atom. The summed E-state index contributed by atoms with van der Waals surface area (Å²) >= 11 is 5.91. The van der Waals surface area contributed by atoms with Crippen LogP contribution in [0.25, 0.3) is 0 Å². The third-order valence-electron chi connectivity index (χ3n) is 5.58. The fourth-order valence-electron chi connectivity index (χ4n) is 4.05. The Morgan fingerprint density at radius 3 is 1.97 bits per heavy atom. The normalized spacial score (nSPS) is 17.4. The Morgan fingerprint density at radius 2 is 1.32 bits per heavy atom. The van der Waals surface area contributed by atoms with Crippen molar-refractivity contribution in [2.24, 2.45) is 0 Å². The molecule has 6 heteroatoms. The molecular weight excluding hydrogens is 412 g/mol. The Kier molecular flexibility index (Phi) is 5.74. The van der Waals surface area contributed by atoms with Crippen LogP contribution in [0.2, 0.25) is 0 Å². The zero-order chi connectivity index (χ0) is 22.0. The first-order valence-corrected chi connectivity index (χ1v) is 10.2. The van der Waals surface area contributed by atoms with E-state index in [9.17, 15) is 0 Å². The van der Waals surface area contributed by atoms with Gasteiger partial charge in [-0.3, -0.25) is 0 Å². The van der Waals surface area contributed by atoms with E-state index in [4.69, 9.17) is 35.9 Å². The van der Waals surface area contributed by atoms with Gasteiger partial charge in [-0.1, -0.05) is 48.6 Å². The smallest absolute Gasteiger partial charge is 0.175 e. The molecule has 0 radical (unpaired) electrons. The van der Waals surface area contributed by atoms with E-state index in [1.165, 1.54) is 0 Å². The Bertz CT molecular complexity index is 1110. The van der Waals surface area contributed by atoms with E-state index in [-0.39, 0.29) is 0 Å². The highest BCUT2D eigenvalue weighted by Gasteiger charge is 2.45. The van der Waals surface area contributed by atoms with Gasteiger partial charge in [0, 0.05) is 22.4 Å². The molecule has 31 heavy (non-hydrogen) atoms. The van der Waals surface area contributed by atoms with Gasteiger partial charge in [-0.25, -0.2) is 0 Å². The van der Waals surface area contributed by atoms with Crippen molar-refractivity contribution in [3.8, 4) is 28.7 Å². The summed E-state index contributed by atoms with van der Waals surface area (Å²) in [7, 11) is 6.47. The maximum atomic E-state index is 6.81. The summed E-state index contributed by atoms with van der Waals surface area (Å²) in [5.41, 5.74) is 1.75. The Balaban J connectivity index is 1.98. The van der Waals surface area contributed by atoms with Crippen molar-refractivity contribution in [3.05, 3.63) is 77.4 Å². The fourth-order valence-corrected chi connectivity index (χ4v) is 4.45. The molecule has 0 saturated carbocycles. The van der Waals surface area contributed by atoms with Crippen molar-refractivity contribution in [1.82, 2.24) is 0 Å². The van der Waals surface area contributed by atoms with Crippen molar-refractivity contribution >= 4 is 17.1 Å². The highest BCUT2D eigenvalue weighted by atomic mass is 32.1. The van der Waals surface area contributed by atoms with Crippen LogP contribution in [0.1, 0.15) is 23.1 Å². The Hall–Kier alpha value is -3.25. The molecule has 3 aromatic rings. The molecule has 4 rings (SSSR count). The SMILES string of the molecule is COc1ccc(C2(c3ccccc3)CC(=S)c3c(OC)ccc(OC)c3O2)cc1OC. The summed E-state index contributed by atoms with van der Waals surface area (Å²) in [5, 5.41) is 0. The van der Waals surface area contributed by atoms with E-state index in [1.54, 1.807) is 28.4 Å². The Labute approximate surface area is 187 Å². The van der Waals surface area contributed by atoms with Crippen LogP contribution in [-0.2, 0) is 5.60 Å². The minimum Gasteiger partial charge on any atom is -0.496 e. The molecule has 0 aromatic heterocycles. The van der Waals surface area contributed by atoms with Crippen molar-refractivity contribution in [2.75, 3.05) is 28.4 Å². The molecule has 0 fully saturated rings. The average Bonchev–Trinajstić information content (AvgIpc) is 2.83. The molecule has 1 aliphatic heterocycles. The molecule has 3 aromatic carbocycles. The van der Waals surface area contributed by atoms with Gasteiger partial charge in [-0.15, -0.1) is 0 Å². The second-order valence-corrected chi connectivity index (χ2v) is 7.63. The molecule has 1 unspecified atom stereocenters. The molecule has 0 bridgehead atoms. The van der Waals surface area contributed by atoms with Gasteiger partial charge < -0.3 is 23.7 Å². The number of rotatable bonds is 6. The molecule has 0 amide bonds. The molecule has 160 valence electrons. The quantitative estimate of drug-likeness (QED) is 0.497. The van der Waals surface area contributed by atoms with Gasteiger partial charge in [0.2, 0.25) is 0 Å². The van der Waals surface area contributed by atoms with Gasteiger partial charge in [0.1, 0.15) is 5.75 Å². The summed E-state index contributed by atoms with van der Waals surface area (Å²) in [6.45, 7) is 0. The van der Waals surface area contributed by atoms with Crippen LogP contribution in [-0.4, -0.2) is 33.3 Å². The van der Waals surface area contributed by atoms with Crippen LogP contribution >= 0.6 is 12.2 Å². The lowest BCUT2D eigenvalue weighted by atomic mass is 9.79. The first kappa shape index (κ1) is 21.0. The van der Waals surface area contributed by atoms with Gasteiger partial charge in [-0.2, -0.15) is 0 Å². The van der Waals surface area contributed by atoms with Crippen molar-refractivity contribution in [1.29, 1.82) is 0 Å². The molecule has 0 N–H and O–H groups in total. The van der Waals surface area contributed by atoms with Crippen LogP contribution in [0.3, 0.4) is 0 Å².